The van der Waals surface area contributed by atoms with Gasteiger partial charge in [0.2, 0.25) is 0 Å². The van der Waals surface area contributed by atoms with Crippen molar-refractivity contribution >= 4 is 38.4 Å². The number of hydrogen-bond acceptors (Lipinski definition) is 0. The third-order valence-electron chi connectivity index (χ3n) is 0. The van der Waals surface area contributed by atoms with E-state index in [2.05, 4.69) is 26.2 Å². The third kappa shape index (κ3) is 563. The maximum absolute atomic E-state index is 5.41. The lowest BCUT2D eigenvalue weighted by Gasteiger charge is -1.72. The predicted molar refractivity (Wildman–Crippen MR) is 60.8 cm³/mol. The zero-order valence-electron chi connectivity index (χ0n) is 7.91. The summed E-state index contributed by atoms with van der Waals surface area (Å²) in [5, 5.41) is 0. The van der Waals surface area contributed by atoms with Crippen LogP contribution in [-0.4, -0.2) is 16.2 Å². The number of halogens is 2. The zero-order valence-corrected chi connectivity index (χ0v) is 11.7. The topological polar surface area (TPSA) is 0 Å². The Labute approximate surface area is 78.5 Å². The molecule has 0 saturated carbocycles. The maximum atomic E-state index is 5.41. The van der Waals surface area contributed by atoms with Crippen LogP contribution in [0, 0.1) is 0 Å². The lowest BCUT2D eigenvalue weighted by Crippen LogP contribution is -1.78. The van der Waals surface area contributed by atoms with Gasteiger partial charge < -0.3 is 0 Å². The standard InChI is InChI=1S/2C2H7ClSi.C2H6/c2*1-4(2)3;1-2/h2*4H,1-2H3;1-2H3. The molecule has 0 atom stereocenters. The van der Waals surface area contributed by atoms with E-state index in [0.29, 0.717) is 0 Å². The summed E-state index contributed by atoms with van der Waals surface area (Å²) < 4.78 is 0. The molecule has 0 spiro atoms. The fourth-order valence-electron chi connectivity index (χ4n) is 0. The summed E-state index contributed by atoms with van der Waals surface area (Å²) in [6, 6.07) is 0. The Morgan fingerprint density at radius 2 is 0.700 bits per heavy atom. The number of hydrogen-bond donors (Lipinski definition) is 0. The van der Waals surface area contributed by atoms with Crippen molar-refractivity contribution in [2.24, 2.45) is 0 Å². The van der Waals surface area contributed by atoms with Gasteiger partial charge in [0.15, 0.2) is 0 Å². The van der Waals surface area contributed by atoms with Crippen molar-refractivity contribution in [3.05, 3.63) is 0 Å². The largest absolute Gasteiger partial charge is 0.172 e. The molecule has 0 bridgehead atoms. The van der Waals surface area contributed by atoms with Crippen LogP contribution in [0.25, 0.3) is 0 Å². The molecule has 0 saturated heterocycles. The Hall–Kier alpha value is 1.01. The summed E-state index contributed by atoms with van der Waals surface area (Å²) in [6.07, 6.45) is 0. The first-order chi connectivity index (χ1) is 4.46. The Balaban J connectivity index is -0.0000000787. The quantitative estimate of drug-likeness (QED) is 0.432. The minimum absolute atomic E-state index is 0.667. The smallest absolute Gasteiger partial charge is 0.134 e. The van der Waals surface area contributed by atoms with E-state index in [4.69, 9.17) is 22.2 Å². The van der Waals surface area contributed by atoms with Gasteiger partial charge in [0.05, 0.1) is 0 Å². The van der Waals surface area contributed by atoms with Crippen LogP contribution in [0.2, 0.25) is 26.2 Å². The van der Waals surface area contributed by atoms with E-state index in [1.807, 2.05) is 13.8 Å². The van der Waals surface area contributed by atoms with Gasteiger partial charge in [-0.25, -0.2) is 0 Å². The molecule has 0 nitrogen and oxygen atoms in total. The predicted octanol–water partition coefficient (Wildman–Crippen LogP) is 3.44. The molecule has 0 radical (unpaired) electrons. The summed E-state index contributed by atoms with van der Waals surface area (Å²) in [5.41, 5.74) is 0. The van der Waals surface area contributed by atoms with Crippen LogP contribution in [0.5, 0.6) is 0 Å². The Morgan fingerprint density at radius 1 is 0.700 bits per heavy atom. The van der Waals surface area contributed by atoms with Gasteiger partial charge in [0, 0.05) is 0 Å². The molecule has 0 fully saturated rings. The molecule has 0 aliphatic heterocycles. The van der Waals surface area contributed by atoms with Gasteiger partial charge in [0.25, 0.3) is 0 Å². The van der Waals surface area contributed by atoms with Crippen LogP contribution >= 0.6 is 22.2 Å². The molecule has 10 heavy (non-hydrogen) atoms. The summed E-state index contributed by atoms with van der Waals surface area (Å²) in [4.78, 5) is 0. The fourth-order valence-corrected chi connectivity index (χ4v) is 0. The molecule has 66 valence electrons. The average molecular weight is 219 g/mol. The molecule has 4 heteroatoms. The van der Waals surface area contributed by atoms with Crippen LogP contribution in [0.3, 0.4) is 0 Å². The summed E-state index contributed by atoms with van der Waals surface area (Å²) in [7, 11) is -1.33. The van der Waals surface area contributed by atoms with Gasteiger partial charge in [-0.1, -0.05) is 40.0 Å². The number of rotatable bonds is 0. The molecule has 0 amide bonds. The van der Waals surface area contributed by atoms with Crippen LogP contribution < -0.4 is 0 Å². The summed E-state index contributed by atoms with van der Waals surface area (Å²) in [6.45, 7) is 12.3. The molecule has 0 aromatic heterocycles. The molecular formula is C6H20Cl2Si2. The highest BCUT2D eigenvalue weighted by Crippen LogP contribution is 1.80. The monoisotopic (exact) mass is 218 g/mol. The van der Waals surface area contributed by atoms with Crippen molar-refractivity contribution in [1.82, 2.24) is 0 Å². The Kier molecular flexibility index (Phi) is 28.4. The molecule has 0 heterocycles. The van der Waals surface area contributed by atoms with E-state index in [9.17, 15) is 0 Å². The minimum atomic E-state index is -0.667. The van der Waals surface area contributed by atoms with Crippen LogP contribution in [0.15, 0.2) is 0 Å². The van der Waals surface area contributed by atoms with E-state index in [1.54, 1.807) is 0 Å². The van der Waals surface area contributed by atoms with E-state index in [1.165, 1.54) is 0 Å². The van der Waals surface area contributed by atoms with Crippen molar-refractivity contribution in [1.29, 1.82) is 0 Å². The van der Waals surface area contributed by atoms with Crippen molar-refractivity contribution in [2.45, 2.75) is 40.0 Å². The maximum Gasteiger partial charge on any atom is 0.134 e. The second-order valence-electron chi connectivity index (χ2n) is 2.03. The second-order valence-corrected chi connectivity index (χ2v) is 11.3. The Morgan fingerprint density at radius 3 is 0.700 bits per heavy atom. The van der Waals surface area contributed by atoms with E-state index >= 15 is 0 Å². The zero-order chi connectivity index (χ0) is 9.15. The first kappa shape index (κ1) is 17.2. The third-order valence-corrected chi connectivity index (χ3v) is 0. The SMILES string of the molecule is CC.C[SiH](C)Cl.C[SiH](C)Cl. The van der Waals surface area contributed by atoms with Crippen molar-refractivity contribution < 1.29 is 0 Å². The van der Waals surface area contributed by atoms with Gasteiger partial charge in [0.1, 0.15) is 16.2 Å². The second kappa shape index (κ2) is 16.5. The molecule has 0 aromatic rings. The fraction of sp³-hybridized carbons (Fsp3) is 1.00. The first-order valence-electron chi connectivity index (χ1n) is 3.75. The van der Waals surface area contributed by atoms with Crippen molar-refractivity contribution in [2.75, 3.05) is 0 Å². The molecular weight excluding hydrogens is 199 g/mol. The highest BCUT2D eigenvalue weighted by atomic mass is 35.6. The first-order valence-corrected chi connectivity index (χ1v) is 11.9. The molecule has 0 aliphatic rings. The van der Waals surface area contributed by atoms with E-state index in [0.717, 1.165) is 0 Å². The highest BCUT2D eigenvalue weighted by Gasteiger charge is 1.76. The van der Waals surface area contributed by atoms with Crippen LogP contribution in [-0.2, 0) is 0 Å². The van der Waals surface area contributed by atoms with E-state index in [-0.39, 0.29) is 0 Å². The van der Waals surface area contributed by atoms with Crippen LogP contribution in [0.4, 0.5) is 0 Å². The molecule has 0 aliphatic carbocycles. The Bertz CT molecular complexity index is 29.2. The highest BCUT2D eigenvalue weighted by molar-refractivity contribution is 7.05. The lowest BCUT2D eigenvalue weighted by molar-refractivity contribution is 1.50. The van der Waals surface area contributed by atoms with Gasteiger partial charge in [-0.2, -0.15) is 22.2 Å². The average Bonchev–Trinajstić information content (AvgIpc) is 1.66. The summed E-state index contributed by atoms with van der Waals surface area (Å²) >= 11 is 10.8. The van der Waals surface area contributed by atoms with Gasteiger partial charge in [-0.15, -0.1) is 0 Å². The molecule has 0 rings (SSSR count). The van der Waals surface area contributed by atoms with Crippen LogP contribution in [0.1, 0.15) is 13.8 Å². The summed E-state index contributed by atoms with van der Waals surface area (Å²) in [5.74, 6) is 0. The molecule has 0 N–H and O–H groups in total. The van der Waals surface area contributed by atoms with Gasteiger partial charge in [-0.3, -0.25) is 0 Å². The normalized spacial score (nSPS) is 7.80. The van der Waals surface area contributed by atoms with Gasteiger partial charge >= 0.3 is 0 Å². The minimum Gasteiger partial charge on any atom is -0.172 e. The van der Waals surface area contributed by atoms with Gasteiger partial charge in [-0.05, 0) is 0 Å². The molecule has 0 unspecified atom stereocenters. The van der Waals surface area contributed by atoms with E-state index < -0.39 is 16.2 Å². The lowest BCUT2D eigenvalue weighted by atomic mass is 11.0. The van der Waals surface area contributed by atoms with Crippen molar-refractivity contribution in [3.63, 3.8) is 0 Å². The van der Waals surface area contributed by atoms with Crippen molar-refractivity contribution in [3.8, 4) is 0 Å². The molecule has 0 aromatic carbocycles.